The van der Waals surface area contributed by atoms with Crippen LogP contribution in [0.2, 0.25) is 0 Å². The standard InChI is InChI=1S/C24H22N4O5S/c29-23(25-15-16-9-11-17(12-10-16)26-24(30)20-7-4-14-33-20)19-6-3-13-28(19)22-18-5-1-2-8-21(18)34(31,32)27-22/h1-2,4-5,7-12,14,19H,3,6,13,15H2,(H,25,29)(H,26,30)/t19-/m0/s1. The summed E-state index contributed by atoms with van der Waals surface area (Å²) in [4.78, 5) is 27.0. The highest BCUT2D eigenvalue weighted by atomic mass is 32.2. The van der Waals surface area contributed by atoms with Gasteiger partial charge in [0.05, 0.1) is 6.26 Å². The summed E-state index contributed by atoms with van der Waals surface area (Å²) in [6, 6.07) is 16.5. The Morgan fingerprint density at radius 2 is 1.85 bits per heavy atom. The molecular weight excluding hydrogens is 456 g/mol. The van der Waals surface area contributed by atoms with Gasteiger partial charge in [-0.05, 0) is 54.8 Å². The summed E-state index contributed by atoms with van der Waals surface area (Å²) in [6.07, 6.45) is 2.82. The molecule has 0 unspecified atom stereocenters. The van der Waals surface area contributed by atoms with E-state index in [4.69, 9.17) is 4.42 Å². The van der Waals surface area contributed by atoms with Gasteiger partial charge in [0.2, 0.25) is 5.91 Å². The maximum absolute atomic E-state index is 13.0. The van der Waals surface area contributed by atoms with E-state index in [0.29, 0.717) is 36.6 Å². The second-order valence-electron chi connectivity index (χ2n) is 8.08. The van der Waals surface area contributed by atoms with Gasteiger partial charge < -0.3 is 20.0 Å². The molecule has 0 saturated carbocycles. The number of amidine groups is 1. The van der Waals surface area contributed by atoms with Crippen LogP contribution >= 0.6 is 0 Å². The average Bonchev–Trinajstić information content (AvgIpc) is 3.58. The Balaban J connectivity index is 1.22. The fourth-order valence-corrected chi connectivity index (χ4v) is 5.42. The Morgan fingerprint density at radius 1 is 1.06 bits per heavy atom. The van der Waals surface area contributed by atoms with Crippen molar-refractivity contribution < 1.29 is 22.4 Å². The minimum atomic E-state index is -3.75. The summed E-state index contributed by atoms with van der Waals surface area (Å²) >= 11 is 0. The van der Waals surface area contributed by atoms with E-state index in [9.17, 15) is 18.0 Å². The van der Waals surface area contributed by atoms with Crippen LogP contribution in [-0.4, -0.2) is 43.6 Å². The molecule has 1 aromatic heterocycles. The van der Waals surface area contributed by atoms with Gasteiger partial charge in [0, 0.05) is 24.3 Å². The lowest BCUT2D eigenvalue weighted by molar-refractivity contribution is -0.124. The summed E-state index contributed by atoms with van der Waals surface area (Å²) in [5.41, 5.74) is 2.01. The summed E-state index contributed by atoms with van der Waals surface area (Å²) in [7, 11) is -3.75. The zero-order valence-electron chi connectivity index (χ0n) is 18.1. The van der Waals surface area contributed by atoms with Gasteiger partial charge in [-0.25, -0.2) is 0 Å². The highest BCUT2D eigenvalue weighted by Crippen LogP contribution is 2.31. The number of amides is 2. The van der Waals surface area contributed by atoms with Gasteiger partial charge in [-0.2, -0.15) is 8.42 Å². The Hall–Kier alpha value is -3.92. The van der Waals surface area contributed by atoms with Crippen molar-refractivity contribution in [1.82, 2.24) is 10.2 Å². The topological polar surface area (TPSA) is 121 Å². The third kappa shape index (κ3) is 4.19. The maximum Gasteiger partial charge on any atom is 0.291 e. The predicted octanol–water partition coefficient (Wildman–Crippen LogP) is 2.76. The fraction of sp³-hybridized carbons (Fsp3) is 0.208. The molecule has 1 fully saturated rings. The van der Waals surface area contributed by atoms with Gasteiger partial charge in [0.15, 0.2) is 11.6 Å². The molecule has 1 saturated heterocycles. The molecule has 3 heterocycles. The molecule has 2 N–H and O–H groups in total. The van der Waals surface area contributed by atoms with Crippen molar-refractivity contribution in [2.75, 3.05) is 11.9 Å². The van der Waals surface area contributed by atoms with Gasteiger partial charge in [-0.3, -0.25) is 9.59 Å². The normalized spacial score (nSPS) is 18.3. The number of carbonyl (C=O) groups is 2. The highest BCUT2D eigenvalue weighted by Gasteiger charge is 2.39. The number of sulfonamides is 1. The number of hydrogen-bond acceptors (Lipinski definition) is 6. The van der Waals surface area contributed by atoms with Crippen molar-refractivity contribution in [2.24, 2.45) is 4.40 Å². The van der Waals surface area contributed by atoms with Crippen molar-refractivity contribution in [1.29, 1.82) is 0 Å². The molecule has 2 aliphatic heterocycles. The van der Waals surface area contributed by atoms with E-state index < -0.39 is 16.1 Å². The molecule has 0 radical (unpaired) electrons. The first-order valence-corrected chi connectivity index (χ1v) is 12.3. The number of rotatable bonds is 5. The minimum absolute atomic E-state index is 0.176. The van der Waals surface area contributed by atoms with Crippen LogP contribution in [0.15, 0.2) is 80.6 Å². The van der Waals surface area contributed by atoms with E-state index in [0.717, 1.165) is 12.0 Å². The van der Waals surface area contributed by atoms with Crippen LogP contribution in [0.1, 0.15) is 34.5 Å². The molecule has 0 bridgehead atoms. The number of fused-ring (bicyclic) bond motifs is 1. The lowest BCUT2D eigenvalue weighted by atomic mass is 10.1. The monoisotopic (exact) mass is 478 g/mol. The number of furan rings is 1. The molecule has 34 heavy (non-hydrogen) atoms. The summed E-state index contributed by atoms with van der Waals surface area (Å²) in [5.74, 6) is 0.0348. The van der Waals surface area contributed by atoms with Crippen LogP contribution in [0.25, 0.3) is 0 Å². The molecule has 0 aliphatic carbocycles. The highest BCUT2D eigenvalue weighted by molar-refractivity contribution is 7.90. The molecule has 3 aromatic rings. The third-order valence-corrected chi connectivity index (χ3v) is 7.19. The first-order valence-electron chi connectivity index (χ1n) is 10.8. The molecule has 1 atom stereocenters. The van der Waals surface area contributed by atoms with Crippen LogP contribution in [0.3, 0.4) is 0 Å². The molecule has 9 nitrogen and oxygen atoms in total. The van der Waals surface area contributed by atoms with Crippen molar-refractivity contribution in [3.8, 4) is 0 Å². The van der Waals surface area contributed by atoms with Gasteiger partial charge in [0.1, 0.15) is 10.9 Å². The van der Waals surface area contributed by atoms with Gasteiger partial charge in [-0.1, -0.05) is 24.3 Å². The van der Waals surface area contributed by atoms with Crippen LogP contribution in [-0.2, 0) is 21.4 Å². The zero-order valence-corrected chi connectivity index (χ0v) is 18.9. The SMILES string of the molecule is O=C(Nc1ccc(CNC(=O)[C@@H]2CCCN2C2=NS(=O)(=O)c3ccccc32)cc1)c1ccco1. The molecule has 2 amide bonds. The first-order chi connectivity index (χ1) is 16.4. The minimum Gasteiger partial charge on any atom is -0.459 e. The molecule has 2 aromatic carbocycles. The van der Waals surface area contributed by atoms with Crippen LogP contribution in [0, 0.1) is 0 Å². The number of nitrogens with one attached hydrogen (secondary N) is 2. The van der Waals surface area contributed by atoms with Crippen molar-refractivity contribution in [3.63, 3.8) is 0 Å². The fourth-order valence-electron chi connectivity index (χ4n) is 4.20. The lowest BCUT2D eigenvalue weighted by Gasteiger charge is -2.25. The van der Waals surface area contributed by atoms with E-state index >= 15 is 0 Å². The van der Waals surface area contributed by atoms with Gasteiger partial charge in [0.25, 0.3) is 15.9 Å². The molecule has 174 valence electrons. The molecule has 0 spiro atoms. The largest absolute Gasteiger partial charge is 0.459 e. The van der Waals surface area contributed by atoms with Gasteiger partial charge in [-0.15, -0.1) is 4.40 Å². The lowest BCUT2D eigenvalue weighted by Crippen LogP contribution is -2.45. The number of nitrogens with zero attached hydrogens (tertiary/aromatic N) is 2. The van der Waals surface area contributed by atoms with E-state index in [1.807, 2.05) is 12.1 Å². The Morgan fingerprint density at radius 3 is 2.62 bits per heavy atom. The van der Waals surface area contributed by atoms with Crippen molar-refractivity contribution in [2.45, 2.75) is 30.3 Å². The summed E-state index contributed by atoms with van der Waals surface area (Å²) < 4.78 is 33.9. The van der Waals surface area contributed by atoms with E-state index in [2.05, 4.69) is 15.0 Å². The van der Waals surface area contributed by atoms with Crippen molar-refractivity contribution in [3.05, 3.63) is 83.8 Å². The van der Waals surface area contributed by atoms with Crippen LogP contribution in [0.5, 0.6) is 0 Å². The second kappa shape index (κ2) is 8.79. The quantitative estimate of drug-likeness (QED) is 0.582. The molecule has 10 heteroatoms. The smallest absolute Gasteiger partial charge is 0.291 e. The Kier molecular flexibility index (Phi) is 5.66. The van der Waals surface area contributed by atoms with Crippen LogP contribution < -0.4 is 10.6 Å². The van der Waals surface area contributed by atoms with E-state index in [1.54, 1.807) is 47.4 Å². The van der Waals surface area contributed by atoms with Gasteiger partial charge >= 0.3 is 0 Å². The summed E-state index contributed by atoms with van der Waals surface area (Å²) in [6.45, 7) is 0.863. The molecular formula is C24H22N4O5S. The number of anilines is 1. The average molecular weight is 479 g/mol. The van der Waals surface area contributed by atoms with Crippen LogP contribution in [0.4, 0.5) is 5.69 Å². The van der Waals surface area contributed by atoms with Crippen molar-refractivity contribution >= 4 is 33.4 Å². The Bertz CT molecular complexity index is 1360. The number of benzene rings is 2. The van der Waals surface area contributed by atoms with E-state index in [-0.39, 0.29) is 22.5 Å². The molecule has 2 aliphatic rings. The number of hydrogen-bond donors (Lipinski definition) is 2. The second-order valence-corrected chi connectivity index (χ2v) is 9.66. The zero-order chi connectivity index (χ0) is 23.7. The molecule has 5 rings (SSSR count). The summed E-state index contributed by atoms with van der Waals surface area (Å²) in [5, 5.41) is 5.68. The number of likely N-dealkylation sites (tertiary alicyclic amines) is 1. The predicted molar refractivity (Wildman–Crippen MR) is 125 cm³/mol. The first kappa shape index (κ1) is 21.9. The van der Waals surface area contributed by atoms with E-state index in [1.165, 1.54) is 12.3 Å². The third-order valence-electron chi connectivity index (χ3n) is 5.86. The maximum atomic E-state index is 13.0. The Labute approximate surface area is 196 Å². The number of carbonyl (C=O) groups excluding carboxylic acids is 2.